The zero-order chi connectivity index (χ0) is 14.5. The molecule has 0 atom stereocenters. The molecule has 3 aromatic rings. The minimum atomic E-state index is -3.44. The quantitative estimate of drug-likeness (QED) is 0.783. The van der Waals surface area contributed by atoms with Crippen LogP contribution < -0.4 is 4.74 Å². The zero-order valence-corrected chi connectivity index (χ0v) is 12.1. The van der Waals surface area contributed by atoms with Crippen molar-refractivity contribution in [2.24, 2.45) is 0 Å². The summed E-state index contributed by atoms with van der Waals surface area (Å²) < 4.78 is 32.1. The maximum Gasteiger partial charge on any atom is 0.242 e. The Labute approximate surface area is 115 Å². The van der Waals surface area contributed by atoms with Crippen molar-refractivity contribution in [1.82, 2.24) is 18.9 Å². The van der Waals surface area contributed by atoms with Gasteiger partial charge in [0.1, 0.15) is 5.65 Å². The van der Waals surface area contributed by atoms with Gasteiger partial charge in [-0.15, -0.1) is 5.10 Å². The average molecular weight is 294 g/mol. The molecule has 20 heavy (non-hydrogen) atoms. The molecule has 1 aromatic carbocycles. The van der Waals surface area contributed by atoms with Gasteiger partial charge in [-0.25, -0.2) is 17.2 Å². The molecule has 2 aromatic heterocycles. The van der Waals surface area contributed by atoms with Gasteiger partial charge in [0.25, 0.3) is 0 Å². The third-order valence-electron chi connectivity index (χ3n) is 3.13. The van der Waals surface area contributed by atoms with E-state index in [1.54, 1.807) is 35.9 Å². The predicted molar refractivity (Wildman–Crippen MR) is 74.5 cm³/mol. The van der Waals surface area contributed by atoms with Gasteiger partial charge in [0.2, 0.25) is 15.9 Å². The molecule has 106 valence electrons. The highest BCUT2D eigenvalue weighted by atomic mass is 32.2. The van der Waals surface area contributed by atoms with Gasteiger partial charge >= 0.3 is 0 Å². The smallest absolute Gasteiger partial charge is 0.242 e. The first kappa shape index (κ1) is 12.9. The van der Waals surface area contributed by atoms with Crippen LogP contribution in [0.2, 0.25) is 0 Å². The number of hydrogen-bond acceptors (Lipinski definition) is 4. The lowest BCUT2D eigenvalue weighted by atomic mass is 10.3. The van der Waals surface area contributed by atoms with Crippen LogP contribution in [0.4, 0.5) is 0 Å². The van der Waals surface area contributed by atoms with Gasteiger partial charge in [-0.05, 0) is 18.2 Å². The first-order valence-electron chi connectivity index (χ1n) is 5.91. The van der Waals surface area contributed by atoms with E-state index in [9.17, 15) is 8.42 Å². The van der Waals surface area contributed by atoms with Crippen LogP contribution in [0.25, 0.3) is 16.7 Å². The van der Waals surface area contributed by atoms with Crippen LogP contribution in [-0.4, -0.2) is 48.5 Å². The summed E-state index contributed by atoms with van der Waals surface area (Å²) in [7, 11) is 1.12. The third-order valence-corrected chi connectivity index (χ3v) is 4.94. The second-order valence-corrected chi connectivity index (χ2v) is 6.73. The number of nitrogens with one attached hydrogen (secondary N) is 1. The van der Waals surface area contributed by atoms with E-state index in [1.807, 2.05) is 0 Å². The first-order valence-corrected chi connectivity index (χ1v) is 7.35. The standard InChI is InChI=1S/C12H14N4O3S/c1-15(2)20(17,18)8-4-5-10-9(6-8)13-11-7-12(19-3)14-16(10)11/h4-7,13H,1-3H3. The van der Waals surface area contributed by atoms with E-state index in [0.29, 0.717) is 11.4 Å². The van der Waals surface area contributed by atoms with Crippen molar-refractivity contribution in [2.45, 2.75) is 4.90 Å². The van der Waals surface area contributed by atoms with Crippen LogP contribution in [0.1, 0.15) is 0 Å². The van der Waals surface area contributed by atoms with Crippen LogP contribution in [-0.2, 0) is 10.0 Å². The van der Waals surface area contributed by atoms with E-state index >= 15 is 0 Å². The minimum absolute atomic E-state index is 0.242. The van der Waals surface area contributed by atoms with E-state index in [0.717, 1.165) is 11.2 Å². The van der Waals surface area contributed by atoms with Gasteiger partial charge in [-0.2, -0.15) is 0 Å². The molecule has 0 radical (unpaired) electrons. The number of aromatic nitrogens is 3. The molecule has 0 fully saturated rings. The monoisotopic (exact) mass is 294 g/mol. The highest BCUT2D eigenvalue weighted by molar-refractivity contribution is 7.89. The topological polar surface area (TPSA) is 79.7 Å². The fraction of sp³-hybridized carbons (Fsp3) is 0.250. The molecule has 0 saturated carbocycles. The summed E-state index contributed by atoms with van der Waals surface area (Å²) in [5.41, 5.74) is 2.25. The van der Waals surface area contributed by atoms with Crippen molar-refractivity contribution in [3.63, 3.8) is 0 Å². The summed E-state index contributed by atoms with van der Waals surface area (Å²) >= 11 is 0. The SMILES string of the molecule is COc1cc2[nH]c3cc(S(=O)(=O)N(C)C)ccc3n2n1. The molecule has 3 rings (SSSR count). The van der Waals surface area contributed by atoms with Crippen LogP contribution in [0.5, 0.6) is 5.88 Å². The van der Waals surface area contributed by atoms with Crippen molar-refractivity contribution >= 4 is 26.7 Å². The number of ether oxygens (including phenoxy) is 1. The van der Waals surface area contributed by atoms with Gasteiger partial charge in [0, 0.05) is 20.2 Å². The van der Waals surface area contributed by atoms with Crippen molar-refractivity contribution in [2.75, 3.05) is 21.2 Å². The molecule has 0 bridgehead atoms. The lowest BCUT2D eigenvalue weighted by molar-refractivity contribution is 0.395. The van der Waals surface area contributed by atoms with E-state index in [4.69, 9.17) is 4.74 Å². The van der Waals surface area contributed by atoms with Gasteiger partial charge < -0.3 is 9.72 Å². The molecule has 0 aliphatic carbocycles. The largest absolute Gasteiger partial charge is 0.480 e. The first-order chi connectivity index (χ1) is 9.43. The Hall–Kier alpha value is -2.06. The zero-order valence-electron chi connectivity index (χ0n) is 11.3. The molecule has 0 aliphatic heterocycles. The molecule has 0 unspecified atom stereocenters. The van der Waals surface area contributed by atoms with E-state index in [-0.39, 0.29) is 4.90 Å². The maximum atomic E-state index is 12.1. The molecule has 8 heteroatoms. The summed E-state index contributed by atoms with van der Waals surface area (Å²) in [4.78, 5) is 3.36. The van der Waals surface area contributed by atoms with Crippen molar-refractivity contribution in [3.8, 4) is 5.88 Å². The lowest BCUT2D eigenvalue weighted by Crippen LogP contribution is -2.22. The summed E-state index contributed by atoms with van der Waals surface area (Å²) in [6.07, 6.45) is 0. The van der Waals surface area contributed by atoms with Gasteiger partial charge in [0.15, 0.2) is 0 Å². The molecule has 7 nitrogen and oxygen atoms in total. The number of nitrogens with zero attached hydrogens (tertiary/aromatic N) is 3. The van der Waals surface area contributed by atoms with Crippen LogP contribution in [0, 0.1) is 0 Å². The molecule has 0 aliphatic rings. The second-order valence-electron chi connectivity index (χ2n) is 4.58. The molecule has 2 heterocycles. The van der Waals surface area contributed by atoms with Crippen molar-refractivity contribution in [1.29, 1.82) is 0 Å². The molecule has 1 N–H and O–H groups in total. The van der Waals surface area contributed by atoms with E-state index in [1.165, 1.54) is 18.4 Å². The summed E-state index contributed by atoms with van der Waals surface area (Å²) in [5, 5.41) is 4.25. The molecule has 0 saturated heterocycles. The van der Waals surface area contributed by atoms with E-state index in [2.05, 4.69) is 10.1 Å². The Balaban J connectivity index is 2.23. The van der Waals surface area contributed by atoms with Crippen LogP contribution in [0.3, 0.4) is 0 Å². The van der Waals surface area contributed by atoms with Crippen LogP contribution >= 0.6 is 0 Å². The minimum Gasteiger partial charge on any atom is -0.480 e. The number of rotatable bonds is 3. The Morgan fingerprint density at radius 3 is 2.70 bits per heavy atom. The summed E-state index contributed by atoms with van der Waals surface area (Å²) in [6, 6.07) is 6.65. The fourth-order valence-electron chi connectivity index (χ4n) is 2.04. The van der Waals surface area contributed by atoms with Crippen LogP contribution in [0.15, 0.2) is 29.2 Å². The highest BCUT2D eigenvalue weighted by Crippen LogP contribution is 2.23. The fourth-order valence-corrected chi connectivity index (χ4v) is 2.97. The van der Waals surface area contributed by atoms with E-state index < -0.39 is 10.0 Å². The Bertz CT molecular complexity index is 892. The average Bonchev–Trinajstić information content (AvgIpc) is 2.94. The number of imidazole rings is 1. The number of methoxy groups -OCH3 is 1. The number of H-pyrrole nitrogens is 1. The van der Waals surface area contributed by atoms with Crippen molar-refractivity contribution in [3.05, 3.63) is 24.3 Å². The highest BCUT2D eigenvalue weighted by Gasteiger charge is 2.18. The Kier molecular flexibility index (Phi) is 2.73. The van der Waals surface area contributed by atoms with Crippen molar-refractivity contribution < 1.29 is 13.2 Å². The molecular formula is C12H14N4O3S. The number of aromatic amines is 1. The number of fused-ring (bicyclic) bond motifs is 3. The summed E-state index contributed by atoms with van der Waals surface area (Å²) in [6.45, 7) is 0. The number of benzene rings is 1. The number of sulfonamides is 1. The number of hydrogen-bond donors (Lipinski definition) is 1. The lowest BCUT2D eigenvalue weighted by Gasteiger charge is -2.10. The van der Waals surface area contributed by atoms with Gasteiger partial charge in [-0.1, -0.05) is 0 Å². The Morgan fingerprint density at radius 1 is 1.30 bits per heavy atom. The summed E-state index contributed by atoms with van der Waals surface area (Å²) in [5.74, 6) is 0.503. The predicted octanol–water partition coefficient (Wildman–Crippen LogP) is 1.07. The third kappa shape index (κ3) is 1.76. The molecule has 0 amide bonds. The maximum absolute atomic E-state index is 12.1. The molecular weight excluding hydrogens is 280 g/mol. The second kappa shape index (κ2) is 4.22. The Morgan fingerprint density at radius 2 is 2.05 bits per heavy atom. The normalized spacial score (nSPS) is 12.6. The molecule has 0 spiro atoms. The van der Waals surface area contributed by atoms with Gasteiger partial charge in [0.05, 0.1) is 23.0 Å². The van der Waals surface area contributed by atoms with Gasteiger partial charge in [-0.3, -0.25) is 0 Å².